The maximum absolute atomic E-state index is 12.6. The van der Waals surface area contributed by atoms with Crippen molar-refractivity contribution in [3.8, 4) is 22.8 Å². The minimum Gasteiger partial charge on any atom is -0.456 e. The van der Waals surface area contributed by atoms with Gasteiger partial charge in [-0.05, 0) is 50.2 Å². The molecule has 4 rings (SSSR count). The van der Waals surface area contributed by atoms with Crippen molar-refractivity contribution in [3.05, 3.63) is 89.4 Å². The van der Waals surface area contributed by atoms with Crippen molar-refractivity contribution in [2.75, 3.05) is 5.32 Å². The molecule has 32 heavy (non-hydrogen) atoms. The molecule has 0 radical (unpaired) electrons. The molecule has 0 bridgehead atoms. The van der Waals surface area contributed by atoms with Gasteiger partial charge in [0, 0.05) is 49.5 Å². The summed E-state index contributed by atoms with van der Waals surface area (Å²) < 4.78 is 9.34. The van der Waals surface area contributed by atoms with Crippen LogP contribution >= 0.6 is 0 Å². The number of hydrogen-bond acceptors (Lipinski definition) is 5. The Kier molecular flexibility index (Phi) is 5.85. The van der Waals surface area contributed by atoms with Gasteiger partial charge in [0.15, 0.2) is 0 Å². The van der Waals surface area contributed by atoms with Crippen LogP contribution in [0.1, 0.15) is 30.2 Å². The van der Waals surface area contributed by atoms with Gasteiger partial charge in [-0.25, -0.2) is 4.98 Å². The normalized spacial score (nSPS) is 10.9. The number of nitrogens with one attached hydrogen (secondary N) is 1. The van der Waals surface area contributed by atoms with E-state index in [-0.39, 0.29) is 17.2 Å². The van der Waals surface area contributed by atoms with E-state index in [9.17, 15) is 9.59 Å². The fraction of sp³-hybridized carbons (Fsp3) is 0.167. The Balaban J connectivity index is 1.46. The topological polar surface area (TPSA) is 91.0 Å². The lowest BCUT2D eigenvalue weighted by atomic mass is 10.2. The Labute approximate surface area is 185 Å². The van der Waals surface area contributed by atoms with Crippen molar-refractivity contribution in [2.24, 2.45) is 7.05 Å². The van der Waals surface area contributed by atoms with Crippen molar-refractivity contribution >= 4 is 11.7 Å². The minimum absolute atomic E-state index is 0.0413. The van der Waals surface area contributed by atoms with E-state index >= 15 is 0 Å². The van der Waals surface area contributed by atoms with Gasteiger partial charge in [-0.3, -0.25) is 14.6 Å². The van der Waals surface area contributed by atoms with Gasteiger partial charge in [0.2, 0.25) is 0 Å². The molecule has 0 atom stereocenters. The van der Waals surface area contributed by atoms with E-state index in [4.69, 9.17) is 4.74 Å². The van der Waals surface area contributed by atoms with Gasteiger partial charge in [-0.15, -0.1) is 0 Å². The number of nitrogens with zero attached hydrogens (tertiary/aromatic N) is 4. The average molecular weight is 429 g/mol. The zero-order valence-electron chi connectivity index (χ0n) is 18.0. The van der Waals surface area contributed by atoms with Crippen molar-refractivity contribution in [1.29, 1.82) is 0 Å². The van der Waals surface area contributed by atoms with Crippen LogP contribution in [0.25, 0.3) is 11.3 Å². The second-order valence-electron chi connectivity index (χ2n) is 7.61. The quantitative estimate of drug-likeness (QED) is 0.494. The van der Waals surface area contributed by atoms with Crippen molar-refractivity contribution in [3.63, 3.8) is 0 Å². The van der Waals surface area contributed by atoms with Crippen LogP contribution in [0.2, 0.25) is 0 Å². The molecule has 0 unspecified atom stereocenters. The molecule has 0 aromatic carbocycles. The zero-order chi connectivity index (χ0) is 22.7. The maximum Gasteiger partial charge on any atom is 0.263 e. The van der Waals surface area contributed by atoms with E-state index in [0.29, 0.717) is 17.3 Å². The highest BCUT2D eigenvalue weighted by Crippen LogP contribution is 2.26. The van der Waals surface area contributed by atoms with E-state index in [0.717, 1.165) is 11.3 Å². The molecule has 1 amide bonds. The average Bonchev–Trinajstić information content (AvgIpc) is 3.21. The van der Waals surface area contributed by atoms with Crippen LogP contribution < -0.4 is 15.6 Å². The standard InChI is InChI=1S/C24H23N5O3/c1-16(2)29-11-4-5-20(24(29)31)23(30)27-22-7-6-19(14-26-22)32-18-8-10-25-21(13-18)17-9-12-28(3)15-17/h4-16H,1-3H3,(H,26,27,30). The number of ether oxygens (including phenoxy) is 1. The van der Waals surface area contributed by atoms with Crippen LogP contribution in [0, 0.1) is 0 Å². The highest BCUT2D eigenvalue weighted by molar-refractivity contribution is 6.03. The maximum atomic E-state index is 12.6. The summed E-state index contributed by atoms with van der Waals surface area (Å²) >= 11 is 0. The monoisotopic (exact) mass is 429 g/mol. The first-order valence-corrected chi connectivity index (χ1v) is 10.2. The van der Waals surface area contributed by atoms with Gasteiger partial charge in [0.1, 0.15) is 22.9 Å². The Morgan fingerprint density at radius 1 is 1.06 bits per heavy atom. The molecule has 8 heteroatoms. The van der Waals surface area contributed by atoms with Crippen LogP contribution in [-0.4, -0.2) is 25.0 Å². The Morgan fingerprint density at radius 2 is 1.91 bits per heavy atom. The number of aryl methyl sites for hydroxylation is 1. The van der Waals surface area contributed by atoms with Crippen LogP contribution in [0.4, 0.5) is 5.82 Å². The molecule has 4 aromatic rings. The molecule has 0 saturated heterocycles. The van der Waals surface area contributed by atoms with E-state index in [1.54, 1.807) is 36.7 Å². The largest absolute Gasteiger partial charge is 0.456 e. The fourth-order valence-corrected chi connectivity index (χ4v) is 3.21. The smallest absolute Gasteiger partial charge is 0.263 e. The lowest BCUT2D eigenvalue weighted by Gasteiger charge is -2.11. The summed E-state index contributed by atoms with van der Waals surface area (Å²) in [5.41, 5.74) is 1.52. The summed E-state index contributed by atoms with van der Waals surface area (Å²) in [7, 11) is 1.95. The number of pyridine rings is 3. The van der Waals surface area contributed by atoms with Crippen molar-refractivity contribution < 1.29 is 9.53 Å². The summed E-state index contributed by atoms with van der Waals surface area (Å²) in [5.74, 6) is 0.945. The van der Waals surface area contributed by atoms with E-state index in [2.05, 4.69) is 15.3 Å². The van der Waals surface area contributed by atoms with E-state index in [1.165, 1.54) is 16.8 Å². The van der Waals surface area contributed by atoms with Crippen LogP contribution in [0.5, 0.6) is 11.5 Å². The SMILES string of the molecule is CC(C)n1cccc(C(=O)Nc2ccc(Oc3ccnc(-c4ccn(C)c4)c3)cn2)c1=O. The zero-order valence-corrected chi connectivity index (χ0v) is 18.0. The summed E-state index contributed by atoms with van der Waals surface area (Å²) in [4.78, 5) is 33.6. The molecule has 8 nitrogen and oxygen atoms in total. The molecular formula is C24H23N5O3. The molecule has 0 fully saturated rings. The number of rotatable bonds is 6. The molecule has 4 heterocycles. The van der Waals surface area contributed by atoms with Crippen LogP contribution in [0.3, 0.4) is 0 Å². The molecule has 0 spiro atoms. The highest BCUT2D eigenvalue weighted by atomic mass is 16.5. The Morgan fingerprint density at radius 3 is 2.59 bits per heavy atom. The third kappa shape index (κ3) is 4.59. The summed E-state index contributed by atoms with van der Waals surface area (Å²) in [5, 5.41) is 2.66. The molecule has 1 N–H and O–H groups in total. The summed E-state index contributed by atoms with van der Waals surface area (Å²) in [6.07, 6.45) is 8.79. The van der Waals surface area contributed by atoms with Crippen LogP contribution in [0.15, 0.2) is 78.2 Å². The number of amides is 1. The van der Waals surface area contributed by atoms with E-state index in [1.807, 2.05) is 50.0 Å². The number of carbonyl (C=O) groups is 1. The van der Waals surface area contributed by atoms with Gasteiger partial charge in [0.25, 0.3) is 11.5 Å². The van der Waals surface area contributed by atoms with Crippen LogP contribution in [-0.2, 0) is 7.05 Å². The molecule has 0 aliphatic heterocycles. The summed E-state index contributed by atoms with van der Waals surface area (Å²) in [6.45, 7) is 3.77. The number of anilines is 1. The third-order valence-corrected chi connectivity index (χ3v) is 4.85. The number of carbonyl (C=O) groups excluding carboxylic acids is 1. The highest BCUT2D eigenvalue weighted by Gasteiger charge is 2.14. The first-order valence-electron chi connectivity index (χ1n) is 10.2. The summed E-state index contributed by atoms with van der Waals surface area (Å²) in [6, 6.07) is 12.0. The predicted molar refractivity (Wildman–Crippen MR) is 122 cm³/mol. The van der Waals surface area contributed by atoms with Crippen molar-refractivity contribution in [2.45, 2.75) is 19.9 Å². The first-order chi connectivity index (χ1) is 15.4. The van der Waals surface area contributed by atoms with Gasteiger partial charge < -0.3 is 19.2 Å². The first kappa shape index (κ1) is 21.0. The van der Waals surface area contributed by atoms with Crippen molar-refractivity contribution in [1.82, 2.24) is 19.1 Å². The van der Waals surface area contributed by atoms with Gasteiger partial charge in [-0.2, -0.15) is 0 Å². The second kappa shape index (κ2) is 8.89. The third-order valence-electron chi connectivity index (χ3n) is 4.85. The van der Waals surface area contributed by atoms with E-state index < -0.39 is 5.91 Å². The van der Waals surface area contributed by atoms with Gasteiger partial charge >= 0.3 is 0 Å². The molecule has 0 saturated carbocycles. The second-order valence-corrected chi connectivity index (χ2v) is 7.61. The lowest BCUT2D eigenvalue weighted by molar-refractivity contribution is 0.102. The molecule has 162 valence electrons. The molecule has 0 aliphatic carbocycles. The Hall–Kier alpha value is -4.20. The number of hydrogen-bond donors (Lipinski definition) is 1. The molecule has 4 aromatic heterocycles. The van der Waals surface area contributed by atoms with Gasteiger partial charge in [0.05, 0.1) is 11.9 Å². The van der Waals surface area contributed by atoms with Gasteiger partial charge in [-0.1, -0.05) is 0 Å². The molecule has 0 aliphatic rings. The Bertz CT molecular complexity index is 1310. The minimum atomic E-state index is -0.507. The predicted octanol–water partition coefficient (Wildman–Crippen LogP) is 4.27. The molecular weight excluding hydrogens is 406 g/mol. The fourth-order valence-electron chi connectivity index (χ4n) is 3.21. The number of aromatic nitrogens is 4. The lowest BCUT2D eigenvalue weighted by Crippen LogP contribution is -2.29.